The van der Waals surface area contributed by atoms with Gasteiger partial charge in [0.1, 0.15) is 24.0 Å². The van der Waals surface area contributed by atoms with Crippen molar-refractivity contribution in [3.05, 3.63) is 77.4 Å². The maximum absolute atomic E-state index is 13.5. The lowest BCUT2D eigenvalue weighted by molar-refractivity contribution is 0.0904. The highest BCUT2D eigenvalue weighted by molar-refractivity contribution is 6.11. The fraction of sp³-hybridized carbons (Fsp3) is 0.333. The number of carbonyl (C=O) groups excluding carboxylic acids is 1. The molecule has 40 heavy (non-hydrogen) atoms. The van der Waals surface area contributed by atoms with Crippen LogP contribution in [-0.4, -0.2) is 49.0 Å². The number of rotatable bonds is 10. The van der Waals surface area contributed by atoms with Crippen molar-refractivity contribution in [2.45, 2.75) is 38.8 Å². The molecule has 0 spiro atoms. The standard InChI is InChI=1S/C30H33F2N5O3/c1-3-10-37(2)23-4-6-25(28(16-23)33-22-8-11-39-12-9-22)30(38)34-29-26-17-24(5-7-27(26)35-36-29)40-18-19-13-20(31)15-21(32)14-19/h4-7,13-17,22,33H,3,8-12,18H2,1-2H3,(H2,34,35,36,38). The largest absolute Gasteiger partial charge is 0.489 e. The molecule has 1 saturated heterocycles. The first-order valence-corrected chi connectivity index (χ1v) is 13.5. The van der Waals surface area contributed by atoms with E-state index in [4.69, 9.17) is 9.47 Å². The Bertz CT molecular complexity index is 1470. The quantitative estimate of drug-likeness (QED) is 0.221. The Hall–Kier alpha value is -4.18. The van der Waals surface area contributed by atoms with E-state index in [0.717, 1.165) is 43.2 Å². The van der Waals surface area contributed by atoms with Gasteiger partial charge in [-0.25, -0.2) is 8.78 Å². The van der Waals surface area contributed by atoms with Crippen molar-refractivity contribution >= 4 is 34.0 Å². The Kier molecular flexibility index (Phi) is 8.45. The number of ether oxygens (including phenoxy) is 2. The monoisotopic (exact) mass is 549 g/mol. The molecule has 3 N–H and O–H groups in total. The number of benzene rings is 3. The Morgan fingerprint density at radius 3 is 2.62 bits per heavy atom. The van der Waals surface area contributed by atoms with Crippen LogP contribution >= 0.6 is 0 Å². The highest BCUT2D eigenvalue weighted by atomic mass is 19.1. The number of nitrogens with zero attached hydrogens (tertiary/aromatic N) is 2. The third-order valence-corrected chi connectivity index (χ3v) is 6.92. The number of fused-ring (bicyclic) bond motifs is 1. The van der Waals surface area contributed by atoms with E-state index in [1.54, 1.807) is 18.2 Å². The number of hydrogen-bond donors (Lipinski definition) is 3. The summed E-state index contributed by atoms with van der Waals surface area (Å²) in [6.07, 6.45) is 2.74. The number of amides is 1. The zero-order valence-electron chi connectivity index (χ0n) is 22.6. The van der Waals surface area contributed by atoms with Crippen LogP contribution in [0.5, 0.6) is 5.75 Å². The summed E-state index contributed by atoms with van der Waals surface area (Å²) in [6.45, 7) is 4.39. The first kappa shape index (κ1) is 27.4. The summed E-state index contributed by atoms with van der Waals surface area (Å²) in [7, 11) is 2.04. The minimum absolute atomic E-state index is 0.0141. The topological polar surface area (TPSA) is 91.5 Å². The van der Waals surface area contributed by atoms with Crippen LogP contribution in [0.4, 0.5) is 26.0 Å². The number of halogens is 2. The molecule has 1 aliphatic rings. The van der Waals surface area contributed by atoms with Crippen molar-refractivity contribution in [1.29, 1.82) is 0 Å². The second kappa shape index (κ2) is 12.3. The van der Waals surface area contributed by atoms with E-state index in [-0.39, 0.29) is 18.6 Å². The SMILES string of the molecule is CCCN(C)c1ccc(C(=O)Nc2n[nH]c3ccc(OCc4cc(F)cc(F)c4)cc23)c(NC2CCOCC2)c1. The van der Waals surface area contributed by atoms with Gasteiger partial charge in [0.2, 0.25) is 0 Å². The molecule has 210 valence electrons. The molecular weight excluding hydrogens is 516 g/mol. The van der Waals surface area contributed by atoms with Crippen molar-refractivity contribution in [3.8, 4) is 5.75 Å². The molecule has 0 aliphatic carbocycles. The summed E-state index contributed by atoms with van der Waals surface area (Å²) in [5.74, 6) is -0.797. The van der Waals surface area contributed by atoms with Crippen molar-refractivity contribution in [1.82, 2.24) is 10.2 Å². The predicted molar refractivity (Wildman–Crippen MR) is 152 cm³/mol. The smallest absolute Gasteiger partial charge is 0.258 e. The van der Waals surface area contributed by atoms with Gasteiger partial charge in [0.15, 0.2) is 5.82 Å². The van der Waals surface area contributed by atoms with E-state index < -0.39 is 11.6 Å². The summed E-state index contributed by atoms with van der Waals surface area (Å²) < 4.78 is 38.3. The highest BCUT2D eigenvalue weighted by Gasteiger charge is 2.20. The van der Waals surface area contributed by atoms with E-state index in [1.807, 2.05) is 25.2 Å². The fourth-order valence-electron chi connectivity index (χ4n) is 4.83. The molecule has 2 heterocycles. The van der Waals surface area contributed by atoms with Crippen LogP contribution in [-0.2, 0) is 11.3 Å². The van der Waals surface area contributed by atoms with Gasteiger partial charge in [-0.05, 0) is 73.4 Å². The minimum Gasteiger partial charge on any atom is -0.489 e. The number of anilines is 3. The molecule has 5 rings (SSSR count). The maximum Gasteiger partial charge on any atom is 0.258 e. The number of H-pyrrole nitrogens is 1. The predicted octanol–water partition coefficient (Wildman–Crippen LogP) is 6.11. The van der Waals surface area contributed by atoms with Crippen molar-refractivity contribution in [3.63, 3.8) is 0 Å². The van der Waals surface area contributed by atoms with Crippen molar-refractivity contribution in [2.24, 2.45) is 0 Å². The molecule has 1 amide bonds. The average Bonchev–Trinajstić information content (AvgIpc) is 3.33. The molecule has 0 atom stereocenters. The lowest BCUT2D eigenvalue weighted by Gasteiger charge is -2.27. The van der Waals surface area contributed by atoms with Gasteiger partial charge in [-0.2, -0.15) is 5.10 Å². The van der Waals surface area contributed by atoms with E-state index in [2.05, 4.69) is 32.7 Å². The molecule has 0 saturated carbocycles. The molecule has 1 aliphatic heterocycles. The molecule has 10 heteroatoms. The van der Waals surface area contributed by atoms with Gasteiger partial charge in [-0.1, -0.05) is 6.92 Å². The number of hydrogen-bond acceptors (Lipinski definition) is 6. The van der Waals surface area contributed by atoms with Crippen molar-refractivity contribution in [2.75, 3.05) is 42.3 Å². The highest BCUT2D eigenvalue weighted by Crippen LogP contribution is 2.29. The Labute approximate surface area is 231 Å². The van der Waals surface area contributed by atoms with E-state index in [0.29, 0.717) is 46.8 Å². The summed E-state index contributed by atoms with van der Waals surface area (Å²) in [5.41, 5.74) is 3.37. The summed E-state index contributed by atoms with van der Waals surface area (Å²) in [4.78, 5) is 15.7. The number of aromatic amines is 1. The molecule has 0 radical (unpaired) electrons. The maximum atomic E-state index is 13.5. The van der Waals surface area contributed by atoms with Crippen LogP contribution in [0.15, 0.2) is 54.6 Å². The second-order valence-electron chi connectivity index (χ2n) is 9.98. The van der Waals surface area contributed by atoms with E-state index in [1.165, 1.54) is 12.1 Å². The van der Waals surface area contributed by atoms with Crippen LogP contribution in [0.2, 0.25) is 0 Å². The number of carbonyl (C=O) groups is 1. The lowest BCUT2D eigenvalue weighted by Crippen LogP contribution is -2.29. The van der Waals surface area contributed by atoms with Gasteiger partial charge in [-0.3, -0.25) is 9.89 Å². The normalized spacial score (nSPS) is 13.8. The summed E-state index contributed by atoms with van der Waals surface area (Å²) in [5, 5.41) is 14.4. The van der Waals surface area contributed by atoms with Crippen LogP contribution in [0.3, 0.4) is 0 Å². The fourth-order valence-corrected chi connectivity index (χ4v) is 4.83. The third-order valence-electron chi connectivity index (χ3n) is 6.92. The third kappa shape index (κ3) is 6.51. The lowest BCUT2D eigenvalue weighted by atomic mass is 10.1. The molecule has 0 unspecified atom stereocenters. The van der Waals surface area contributed by atoms with E-state index >= 15 is 0 Å². The molecule has 8 nitrogen and oxygen atoms in total. The molecule has 1 fully saturated rings. The second-order valence-corrected chi connectivity index (χ2v) is 9.98. The Morgan fingerprint density at radius 2 is 1.88 bits per heavy atom. The first-order chi connectivity index (χ1) is 19.4. The van der Waals surface area contributed by atoms with Crippen LogP contribution in [0.25, 0.3) is 10.9 Å². The first-order valence-electron chi connectivity index (χ1n) is 13.5. The molecule has 0 bridgehead atoms. The number of nitrogens with one attached hydrogen (secondary N) is 3. The average molecular weight is 550 g/mol. The van der Waals surface area contributed by atoms with Crippen LogP contribution < -0.4 is 20.3 Å². The van der Waals surface area contributed by atoms with Gasteiger partial charge in [0.05, 0.1) is 11.1 Å². The van der Waals surface area contributed by atoms with Gasteiger partial charge >= 0.3 is 0 Å². The van der Waals surface area contributed by atoms with E-state index in [9.17, 15) is 13.6 Å². The zero-order valence-corrected chi connectivity index (χ0v) is 22.6. The summed E-state index contributed by atoms with van der Waals surface area (Å²) >= 11 is 0. The van der Waals surface area contributed by atoms with Crippen LogP contribution in [0, 0.1) is 11.6 Å². The van der Waals surface area contributed by atoms with Gasteiger partial charge < -0.3 is 25.0 Å². The molecule has 1 aromatic heterocycles. The Morgan fingerprint density at radius 1 is 1.10 bits per heavy atom. The minimum atomic E-state index is -0.662. The zero-order chi connectivity index (χ0) is 28.1. The molecule has 3 aromatic carbocycles. The molecular formula is C30H33F2N5O3. The van der Waals surface area contributed by atoms with Gasteiger partial charge in [0.25, 0.3) is 5.91 Å². The Balaban J connectivity index is 1.36. The number of aromatic nitrogens is 2. The molecule has 4 aromatic rings. The van der Waals surface area contributed by atoms with Crippen molar-refractivity contribution < 1.29 is 23.0 Å². The van der Waals surface area contributed by atoms with Gasteiger partial charge in [-0.15, -0.1) is 0 Å². The van der Waals surface area contributed by atoms with Gasteiger partial charge in [0, 0.05) is 55.7 Å². The summed E-state index contributed by atoms with van der Waals surface area (Å²) in [6, 6.07) is 14.5. The van der Waals surface area contributed by atoms with Crippen LogP contribution in [0.1, 0.15) is 42.1 Å².